The fourth-order valence-corrected chi connectivity index (χ4v) is 1.52. The summed E-state index contributed by atoms with van der Waals surface area (Å²) >= 11 is 0. The van der Waals surface area contributed by atoms with Gasteiger partial charge in [0, 0.05) is 5.56 Å². The van der Waals surface area contributed by atoms with Gasteiger partial charge in [-0.25, -0.2) is 0 Å². The lowest BCUT2D eigenvalue weighted by atomic mass is 10.0. The third kappa shape index (κ3) is 1.55. The van der Waals surface area contributed by atoms with Crippen LogP contribution in [0.3, 0.4) is 0 Å². The van der Waals surface area contributed by atoms with Gasteiger partial charge in [-0.05, 0) is 29.7 Å². The maximum atomic E-state index is 10.9. The fourth-order valence-electron chi connectivity index (χ4n) is 1.52. The summed E-state index contributed by atoms with van der Waals surface area (Å²) in [4.78, 5) is 10.9. The number of hydrogen-bond donors (Lipinski definition) is 1. The molecule has 13 heavy (non-hydrogen) atoms. The van der Waals surface area contributed by atoms with E-state index < -0.39 is 0 Å². The number of primary amides is 1. The van der Waals surface area contributed by atoms with E-state index >= 15 is 0 Å². The van der Waals surface area contributed by atoms with E-state index in [1.54, 1.807) is 6.07 Å². The smallest absolute Gasteiger partial charge is 0.248 e. The lowest BCUT2D eigenvalue weighted by molar-refractivity contribution is 0.0997. The number of rotatable bonds is 1. The molecule has 0 aliphatic carbocycles. The first-order valence-corrected chi connectivity index (χ1v) is 4.27. The van der Waals surface area contributed by atoms with Gasteiger partial charge in [0.05, 0.1) is 13.2 Å². The zero-order valence-electron chi connectivity index (χ0n) is 7.25. The minimum Gasteiger partial charge on any atom is -0.376 e. The van der Waals surface area contributed by atoms with Gasteiger partial charge in [-0.2, -0.15) is 0 Å². The lowest BCUT2D eigenvalue weighted by Gasteiger charge is -2.16. The molecule has 1 aromatic rings. The van der Waals surface area contributed by atoms with E-state index in [1.165, 1.54) is 5.56 Å². The monoisotopic (exact) mass is 177 g/mol. The number of amides is 1. The third-order valence-electron chi connectivity index (χ3n) is 2.26. The number of ether oxygens (including phenoxy) is 1. The van der Waals surface area contributed by atoms with Crippen LogP contribution >= 0.6 is 0 Å². The van der Waals surface area contributed by atoms with E-state index in [9.17, 15) is 4.79 Å². The summed E-state index contributed by atoms with van der Waals surface area (Å²) < 4.78 is 5.28. The molecule has 1 heterocycles. The molecule has 0 aromatic heterocycles. The first kappa shape index (κ1) is 8.26. The van der Waals surface area contributed by atoms with Gasteiger partial charge in [-0.15, -0.1) is 0 Å². The number of nitrogens with two attached hydrogens (primary N) is 1. The molecular weight excluding hydrogens is 166 g/mol. The largest absolute Gasteiger partial charge is 0.376 e. The quantitative estimate of drug-likeness (QED) is 0.691. The van der Waals surface area contributed by atoms with Crippen LogP contribution in [0.5, 0.6) is 0 Å². The van der Waals surface area contributed by atoms with E-state index in [-0.39, 0.29) is 5.91 Å². The van der Waals surface area contributed by atoms with Crippen molar-refractivity contribution >= 4 is 5.91 Å². The van der Waals surface area contributed by atoms with Gasteiger partial charge in [0.1, 0.15) is 0 Å². The van der Waals surface area contributed by atoms with Crippen LogP contribution in [0.4, 0.5) is 0 Å². The second kappa shape index (κ2) is 3.18. The molecule has 2 rings (SSSR count). The van der Waals surface area contributed by atoms with Crippen LogP contribution in [-0.2, 0) is 17.8 Å². The molecule has 3 nitrogen and oxygen atoms in total. The van der Waals surface area contributed by atoms with Crippen molar-refractivity contribution in [2.75, 3.05) is 6.61 Å². The Balaban J connectivity index is 2.40. The van der Waals surface area contributed by atoms with E-state index in [0.717, 1.165) is 18.6 Å². The van der Waals surface area contributed by atoms with Crippen LogP contribution in [0.25, 0.3) is 0 Å². The van der Waals surface area contributed by atoms with Crippen LogP contribution in [0.15, 0.2) is 18.2 Å². The van der Waals surface area contributed by atoms with E-state index in [1.807, 2.05) is 12.1 Å². The molecule has 0 saturated heterocycles. The summed E-state index contributed by atoms with van der Waals surface area (Å²) in [5, 5.41) is 0. The van der Waals surface area contributed by atoms with Crippen molar-refractivity contribution in [3.63, 3.8) is 0 Å². The highest BCUT2D eigenvalue weighted by Crippen LogP contribution is 2.17. The van der Waals surface area contributed by atoms with E-state index in [0.29, 0.717) is 12.2 Å². The van der Waals surface area contributed by atoms with Crippen molar-refractivity contribution in [1.82, 2.24) is 0 Å². The molecule has 0 bridgehead atoms. The number of fused-ring (bicyclic) bond motifs is 1. The predicted molar refractivity (Wildman–Crippen MR) is 48.3 cm³/mol. The molecular formula is C10H11NO2. The fraction of sp³-hybridized carbons (Fsp3) is 0.300. The molecule has 0 saturated carbocycles. The summed E-state index contributed by atoms with van der Waals surface area (Å²) in [7, 11) is 0. The highest BCUT2D eigenvalue weighted by Gasteiger charge is 2.10. The van der Waals surface area contributed by atoms with Crippen molar-refractivity contribution in [3.05, 3.63) is 34.9 Å². The van der Waals surface area contributed by atoms with Crippen LogP contribution < -0.4 is 5.73 Å². The molecule has 68 valence electrons. The second-order valence-electron chi connectivity index (χ2n) is 3.15. The summed E-state index contributed by atoms with van der Waals surface area (Å²) in [5.74, 6) is -0.381. The van der Waals surface area contributed by atoms with Crippen LogP contribution in [-0.4, -0.2) is 12.5 Å². The van der Waals surface area contributed by atoms with Crippen molar-refractivity contribution in [1.29, 1.82) is 0 Å². The first-order valence-electron chi connectivity index (χ1n) is 4.27. The SMILES string of the molecule is NC(=O)c1ccc2c(c1)COCC2. The molecule has 0 atom stereocenters. The second-order valence-corrected chi connectivity index (χ2v) is 3.15. The van der Waals surface area contributed by atoms with Crippen molar-refractivity contribution in [2.45, 2.75) is 13.0 Å². The molecule has 1 aromatic carbocycles. The molecule has 2 N–H and O–H groups in total. The Kier molecular flexibility index (Phi) is 2.02. The van der Waals surface area contributed by atoms with Crippen LogP contribution in [0, 0.1) is 0 Å². The maximum absolute atomic E-state index is 10.9. The van der Waals surface area contributed by atoms with Crippen LogP contribution in [0.1, 0.15) is 21.5 Å². The Bertz CT molecular complexity index is 347. The van der Waals surface area contributed by atoms with Gasteiger partial charge in [-0.3, -0.25) is 4.79 Å². The standard InChI is InChI=1S/C10H11NO2/c11-10(12)8-2-1-7-3-4-13-6-9(7)5-8/h1-2,5H,3-4,6H2,(H2,11,12). The average molecular weight is 177 g/mol. The first-order chi connectivity index (χ1) is 6.27. The summed E-state index contributed by atoms with van der Waals surface area (Å²) in [6.45, 7) is 1.36. The normalized spacial score (nSPS) is 15.1. The summed E-state index contributed by atoms with van der Waals surface area (Å²) in [6.07, 6.45) is 0.925. The average Bonchev–Trinajstić information content (AvgIpc) is 2.17. The number of benzene rings is 1. The summed E-state index contributed by atoms with van der Waals surface area (Å²) in [5.41, 5.74) is 8.07. The van der Waals surface area contributed by atoms with Gasteiger partial charge in [-0.1, -0.05) is 6.07 Å². The van der Waals surface area contributed by atoms with Crippen LogP contribution in [0.2, 0.25) is 0 Å². The zero-order valence-corrected chi connectivity index (χ0v) is 7.25. The van der Waals surface area contributed by atoms with E-state index in [4.69, 9.17) is 10.5 Å². The topological polar surface area (TPSA) is 52.3 Å². The minimum absolute atomic E-state index is 0.381. The van der Waals surface area contributed by atoms with Crippen molar-refractivity contribution in [3.8, 4) is 0 Å². The Morgan fingerprint density at radius 1 is 1.38 bits per heavy atom. The lowest BCUT2D eigenvalue weighted by Crippen LogP contribution is -2.14. The molecule has 3 heteroatoms. The number of hydrogen-bond acceptors (Lipinski definition) is 2. The molecule has 1 aliphatic heterocycles. The molecule has 1 aliphatic rings. The van der Waals surface area contributed by atoms with Crippen molar-refractivity contribution < 1.29 is 9.53 Å². The zero-order chi connectivity index (χ0) is 9.26. The number of carbonyl (C=O) groups excluding carboxylic acids is 1. The van der Waals surface area contributed by atoms with E-state index in [2.05, 4.69) is 0 Å². The Hall–Kier alpha value is -1.35. The minimum atomic E-state index is -0.381. The van der Waals surface area contributed by atoms with Gasteiger partial charge in [0.15, 0.2) is 0 Å². The molecule has 0 radical (unpaired) electrons. The van der Waals surface area contributed by atoms with Gasteiger partial charge < -0.3 is 10.5 Å². The highest BCUT2D eigenvalue weighted by molar-refractivity contribution is 5.93. The van der Waals surface area contributed by atoms with Crippen molar-refractivity contribution in [2.24, 2.45) is 5.73 Å². The van der Waals surface area contributed by atoms with Gasteiger partial charge in [0.25, 0.3) is 0 Å². The van der Waals surface area contributed by atoms with Gasteiger partial charge >= 0.3 is 0 Å². The predicted octanol–water partition coefficient (Wildman–Crippen LogP) is 0.858. The third-order valence-corrected chi connectivity index (χ3v) is 2.26. The molecule has 0 unspecified atom stereocenters. The Morgan fingerprint density at radius 2 is 2.23 bits per heavy atom. The molecule has 0 spiro atoms. The Labute approximate surface area is 76.5 Å². The molecule has 0 fully saturated rings. The highest BCUT2D eigenvalue weighted by atomic mass is 16.5. The maximum Gasteiger partial charge on any atom is 0.248 e. The number of carbonyl (C=O) groups is 1. The Morgan fingerprint density at radius 3 is 3.00 bits per heavy atom. The summed E-state index contributed by atoms with van der Waals surface area (Å²) in [6, 6.07) is 5.54. The molecule has 1 amide bonds. The van der Waals surface area contributed by atoms with Gasteiger partial charge in [0.2, 0.25) is 5.91 Å².